The molecule has 0 atom stereocenters. The number of hydrogen-bond donors (Lipinski definition) is 1. The molecule has 1 fully saturated rings. The highest BCUT2D eigenvalue weighted by Gasteiger charge is 2.32. The van der Waals surface area contributed by atoms with Gasteiger partial charge in [-0.15, -0.1) is 11.3 Å². The van der Waals surface area contributed by atoms with Crippen molar-refractivity contribution in [2.24, 2.45) is 0 Å². The van der Waals surface area contributed by atoms with Crippen molar-refractivity contribution in [3.8, 4) is 5.75 Å². The number of nitrogens with two attached hydrogens (primary N) is 1. The standard InChI is InChI=1S/C23H26N4O2S2/c1-29-16-10-6-14(7-11-16)12-27(15-8-9-15)19(28)13-30-23-25-21(24)20-17-4-2-3-5-18(17)31-22(20)26-23/h6-7,10-11,15H,2-5,8-9,12-13H2,1H3,(H2,24,25,26). The Morgan fingerprint density at radius 2 is 2.00 bits per heavy atom. The molecule has 1 saturated carbocycles. The van der Waals surface area contributed by atoms with Gasteiger partial charge in [0.15, 0.2) is 5.16 Å². The Balaban J connectivity index is 1.28. The number of thioether (sulfide) groups is 1. The third kappa shape index (κ3) is 4.36. The van der Waals surface area contributed by atoms with Crippen molar-refractivity contribution in [2.75, 3.05) is 18.6 Å². The van der Waals surface area contributed by atoms with Crippen LogP contribution in [0.1, 0.15) is 41.7 Å². The van der Waals surface area contributed by atoms with Crippen molar-refractivity contribution < 1.29 is 9.53 Å². The number of nitrogens with zero attached hydrogens (tertiary/aromatic N) is 3. The fourth-order valence-corrected chi connectivity index (χ4v) is 6.24. The molecule has 1 aromatic carbocycles. The van der Waals surface area contributed by atoms with Crippen LogP contribution in [0.25, 0.3) is 10.2 Å². The summed E-state index contributed by atoms with van der Waals surface area (Å²) in [5.74, 6) is 1.82. The second-order valence-corrected chi connectivity index (χ2v) is 10.2. The summed E-state index contributed by atoms with van der Waals surface area (Å²) in [6, 6.07) is 8.25. The molecule has 0 bridgehead atoms. The van der Waals surface area contributed by atoms with E-state index in [2.05, 4.69) is 4.98 Å². The zero-order valence-corrected chi connectivity index (χ0v) is 19.2. The Kier molecular flexibility index (Phi) is 5.75. The number of fused-ring (bicyclic) bond motifs is 3. The molecule has 162 valence electrons. The Bertz CT molecular complexity index is 1110. The van der Waals surface area contributed by atoms with Crippen LogP contribution >= 0.6 is 23.1 Å². The monoisotopic (exact) mass is 454 g/mol. The van der Waals surface area contributed by atoms with Gasteiger partial charge in [-0.3, -0.25) is 4.79 Å². The molecule has 6 nitrogen and oxygen atoms in total. The van der Waals surface area contributed by atoms with Crippen molar-refractivity contribution in [1.29, 1.82) is 0 Å². The van der Waals surface area contributed by atoms with E-state index in [0.29, 0.717) is 29.3 Å². The van der Waals surface area contributed by atoms with Crippen molar-refractivity contribution in [3.63, 3.8) is 0 Å². The molecule has 0 unspecified atom stereocenters. The van der Waals surface area contributed by atoms with Gasteiger partial charge in [0, 0.05) is 17.5 Å². The number of nitrogen functional groups attached to an aromatic ring is 1. The normalized spacial score (nSPS) is 15.6. The summed E-state index contributed by atoms with van der Waals surface area (Å²) in [6.45, 7) is 0.619. The Hall–Kier alpha value is -2.32. The summed E-state index contributed by atoms with van der Waals surface area (Å²) in [6.07, 6.45) is 6.75. The first-order chi connectivity index (χ1) is 15.1. The fourth-order valence-electron chi connectivity index (χ4n) is 4.17. The highest BCUT2D eigenvalue weighted by atomic mass is 32.2. The molecule has 2 heterocycles. The SMILES string of the molecule is COc1ccc(CN(C(=O)CSc2nc(N)c3c4c(sc3n2)CCCC4)C2CC2)cc1. The molecule has 1 amide bonds. The van der Waals surface area contributed by atoms with Crippen LogP contribution in [0.3, 0.4) is 0 Å². The van der Waals surface area contributed by atoms with Crippen LogP contribution in [0.2, 0.25) is 0 Å². The van der Waals surface area contributed by atoms with Gasteiger partial charge < -0.3 is 15.4 Å². The molecule has 2 N–H and O–H groups in total. The van der Waals surface area contributed by atoms with Crippen molar-refractivity contribution in [2.45, 2.75) is 56.3 Å². The van der Waals surface area contributed by atoms with Crippen LogP contribution in [-0.2, 0) is 24.2 Å². The second kappa shape index (κ2) is 8.67. The van der Waals surface area contributed by atoms with Gasteiger partial charge in [0.05, 0.1) is 18.2 Å². The van der Waals surface area contributed by atoms with E-state index in [-0.39, 0.29) is 5.91 Å². The Morgan fingerprint density at radius 1 is 1.23 bits per heavy atom. The third-order valence-corrected chi connectivity index (χ3v) is 7.98. The predicted octanol–water partition coefficient (Wildman–Crippen LogP) is 4.44. The summed E-state index contributed by atoms with van der Waals surface area (Å²) in [5, 5.41) is 1.63. The number of carbonyl (C=O) groups is 1. The van der Waals surface area contributed by atoms with Crippen molar-refractivity contribution in [3.05, 3.63) is 40.3 Å². The molecule has 0 saturated heterocycles. The van der Waals surface area contributed by atoms with Crippen LogP contribution in [0, 0.1) is 0 Å². The van der Waals surface area contributed by atoms with Gasteiger partial charge in [-0.05, 0) is 61.8 Å². The Labute approximate surface area is 190 Å². The van der Waals surface area contributed by atoms with Gasteiger partial charge in [-0.2, -0.15) is 0 Å². The number of aryl methyl sites for hydroxylation is 2. The summed E-state index contributed by atoms with van der Waals surface area (Å²) in [5.41, 5.74) is 8.76. The summed E-state index contributed by atoms with van der Waals surface area (Å²) in [7, 11) is 1.66. The van der Waals surface area contributed by atoms with E-state index in [1.165, 1.54) is 35.0 Å². The summed E-state index contributed by atoms with van der Waals surface area (Å²) >= 11 is 3.13. The van der Waals surface area contributed by atoms with E-state index < -0.39 is 0 Å². The zero-order chi connectivity index (χ0) is 21.4. The molecular formula is C23H26N4O2S2. The lowest BCUT2D eigenvalue weighted by molar-refractivity contribution is -0.129. The quantitative estimate of drug-likeness (QED) is 0.420. The van der Waals surface area contributed by atoms with Crippen molar-refractivity contribution >= 4 is 45.0 Å². The first kappa shape index (κ1) is 20.6. The van der Waals surface area contributed by atoms with E-state index in [1.807, 2.05) is 29.2 Å². The maximum absolute atomic E-state index is 13.0. The number of carbonyl (C=O) groups excluding carboxylic acids is 1. The van der Waals surface area contributed by atoms with Gasteiger partial charge in [-0.25, -0.2) is 9.97 Å². The van der Waals surface area contributed by atoms with Crippen LogP contribution < -0.4 is 10.5 Å². The molecule has 2 aromatic heterocycles. The number of methoxy groups -OCH3 is 1. The number of benzene rings is 1. The first-order valence-electron chi connectivity index (χ1n) is 10.8. The molecule has 31 heavy (non-hydrogen) atoms. The molecule has 5 rings (SSSR count). The number of ether oxygens (including phenoxy) is 1. The lowest BCUT2D eigenvalue weighted by atomic mass is 9.97. The molecule has 3 aromatic rings. The van der Waals surface area contributed by atoms with Gasteiger partial charge in [0.2, 0.25) is 5.91 Å². The van der Waals surface area contributed by atoms with Crippen LogP contribution in [0.15, 0.2) is 29.4 Å². The largest absolute Gasteiger partial charge is 0.497 e. The number of aromatic nitrogens is 2. The smallest absolute Gasteiger partial charge is 0.233 e. The fraction of sp³-hybridized carbons (Fsp3) is 0.435. The van der Waals surface area contributed by atoms with Crippen molar-refractivity contribution in [1.82, 2.24) is 14.9 Å². The summed E-state index contributed by atoms with van der Waals surface area (Å²) < 4.78 is 5.23. The highest BCUT2D eigenvalue weighted by Crippen LogP contribution is 2.38. The minimum absolute atomic E-state index is 0.121. The average molecular weight is 455 g/mol. The maximum atomic E-state index is 13.0. The molecule has 0 radical (unpaired) electrons. The van der Waals surface area contributed by atoms with E-state index in [9.17, 15) is 4.79 Å². The van der Waals surface area contributed by atoms with Crippen LogP contribution in [-0.4, -0.2) is 39.7 Å². The topological polar surface area (TPSA) is 81.3 Å². The highest BCUT2D eigenvalue weighted by molar-refractivity contribution is 7.99. The maximum Gasteiger partial charge on any atom is 0.233 e. The van der Waals surface area contributed by atoms with Gasteiger partial charge in [-0.1, -0.05) is 23.9 Å². The van der Waals surface area contributed by atoms with Crippen LogP contribution in [0.4, 0.5) is 5.82 Å². The molecule has 0 spiro atoms. The third-order valence-electron chi connectivity index (χ3n) is 5.97. The number of thiophene rings is 1. The van der Waals surface area contributed by atoms with Gasteiger partial charge in [0.25, 0.3) is 0 Å². The van der Waals surface area contributed by atoms with E-state index in [1.54, 1.807) is 18.4 Å². The average Bonchev–Trinajstić information content (AvgIpc) is 3.55. The van der Waals surface area contributed by atoms with Gasteiger partial charge in [0.1, 0.15) is 16.4 Å². The van der Waals surface area contributed by atoms with Crippen LogP contribution in [0.5, 0.6) is 5.75 Å². The number of anilines is 1. The molecule has 0 aliphatic heterocycles. The molecular weight excluding hydrogens is 428 g/mol. The first-order valence-corrected chi connectivity index (χ1v) is 12.6. The lowest BCUT2D eigenvalue weighted by Gasteiger charge is -2.22. The minimum atomic E-state index is 0.121. The number of hydrogen-bond acceptors (Lipinski definition) is 7. The minimum Gasteiger partial charge on any atom is -0.497 e. The number of amides is 1. The summed E-state index contributed by atoms with van der Waals surface area (Å²) in [4.78, 5) is 26.7. The number of rotatable bonds is 7. The second-order valence-electron chi connectivity index (χ2n) is 8.17. The predicted molar refractivity (Wildman–Crippen MR) is 126 cm³/mol. The van der Waals surface area contributed by atoms with Gasteiger partial charge >= 0.3 is 0 Å². The molecule has 2 aliphatic rings. The van der Waals surface area contributed by atoms with E-state index in [4.69, 9.17) is 15.5 Å². The zero-order valence-electron chi connectivity index (χ0n) is 17.6. The molecule has 8 heteroatoms. The Morgan fingerprint density at radius 3 is 2.74 bits per heavy atom. The molecule has 2 aliphatic carbocycles. The lowest BCUT2D eigenvalue weighted by Crippen LogP contribution is -2.34. The van der Waals surface area contributed by atoms with E-state index >= 15 is 0 Å². The van der Waals surface area contributed by atoms with E-state index in [0.717, 1.165) is 47.2 Å².